The SMILES string of the molecule is Cc1ccc(C2(F)CC(c3noc(Cn4cnc5nccc(Cl)c5c4=O)n3)C2)cc1. The maximum Gasteiger partial charge on any atom is 0.264 e. The molecule has 0 amide bonds. The lowest BCUT2D eigenvalue weighted by molar-refractivity contribution is 0.0336. The Labute approximate surface area is 175 Å². The zero-order valence-corrected chi connectivity index (χ0v) is 16.8. The summed E-state index contributed by atoms with van der Waals surface area (Å²) in [4.78, 5) is 25.3. The van der Waals surface area contributed by atoms with Crippen LogP contribution in [-0.4, -0.2) is 24.7 Å². The van der Waals surface area contributed by atoms with E-state index in [-0.39, 0.29) is 40.0 Å². The molecule has 1 aliphatic carbocycles. The van der Waals surface area contributed by atoms with Gasteiger partial charge in [-0.05, 0) is 31.4 Å². The summed E-state index contributed by atoms with van der Waals surface area (Å²) in [5.74, 6) is 0.575. The summed E-state index contributed by atoms with van der Waals surface area (Å²) in [7, 11) is 0. The van der Waals surface area contributed by atoms with E-state index in [9.17, 15) is 4.79 Å². The van der Waals surface area contributed by atoms with E-state index in [1.165, 1.54) is 23.2 Å². The number of fused-ring (bicyclic) bond motifs is 1. The van der Waals surface area contributed by atoms with E-state index in [0.29, 0.717) is 24.2 Å². The van der Waals surface area contributed by atoms with Crippen molar-refractivity contribution in [2.45, 2.75) is 37.9 Å². The third-order valence-electron chi connectivity index (χ3n) is 5.54. The topological polar surface area (TPSA) is 86.7 Å². The minimum absolute atomic E-state index is 0.0471. The molecule has 30 heavy (non-hydrogen) atoms. The summed E-state index contributed by atoms with van der Waals surface area (Å²) in [5.41, 5.74) is 0.328. The smallest absolute Gasteiger partial charge is 0.264 e. The van der Waals surface area contributed by atoms with Crippen molar-refractivity contribution in [3.05, 3.63) is 81.1 Å². The Morgan fingerprint density at radius 1 is 1.23 bits per heavy atom. The second-order valence-electron chi connectivity index (χ2n) is 7.65. The van der Waals surface area contributed by atoms with Crippen LogP contribution in [0.3, 0.4) is 0 Å². The van der Waals surface area contributed by atoms with Crippen LogP contribution in [0.5, 0.6) is 0 Å². The molecule has 3 heterocycles. The molecule has 0 radical (unpaired) electrons. The van der Waals surface area contributed by atoms with Crippen LogP contribution in [0.15, 0.2) is 52.2 Å². The third kappa shape index (κ3) is 3.17. The number of aryl methyl sites for hydroxylation is 1. The predicted molar refractivity (Wildman–Crippen MR) is 108 cm³/mol. The minimum Gasteiger partial charge on any atom is -0.337 e. The van der Waals surface area contributed by atoms with E-state index in [0.717, 1.165) is 5.56 Å². The number of alkyl halides is 1. The average molecular weight is 426 g/mol. The Balaban J connectivity index is 1.33. The monoisotopic (exact) mass is 425 g/mol. The van der Waals surface area contributed by atoms with E-state index in [1.54, 1.807) is 0 Å². The van der Waals surface area contributed by atoms with Gasteiger partial charge < -0.3 is 4.52 Å². The fourth-order valence-corrected chi connectivity index (χ4v) is 4.01. The van der Waals surface area contributed by atoms with Crippen molar-refractivity contribution in [3.8, 4) is 0 Å². The van der Waals surface area contributed by atoms with Crippen molar-refractivity contribution in [2.24, 2.45) is 0 Å². The summed E-state index contributed by atoms with van der Waals surface area (Å²) in [6.07, 6.45) is 3.46. The van der Waals surface area contributed by atoms with Crippen LogP contribution >= 0.6 is 11.6 Å². The molecule has 0 unspecified atom stereocenters. The van der Waals surface area contributed by atoms with E-state index < -0.39 is 5.67 Å². The van der Waals surface area contributed by atoms with Gasteiger partial charge in [-0.1, -0.05) is 46.6 Å². The fraction of sp³-hybridized carbons (Fsp3) is 0.286. The molecule has 9 heteroatoms. The van der Waals surface area contributed by atoms with Gasteiger partial charge in [0.2, 0.25) is 5.89 Å². The standard InChI is InChI=1S/C21H17ClFN5O2/c1-12-2-4-14(5-3-12)21(23)8-13(9-21)18-26-16(30-27-18)10-28-11-25-19-17(20(28)29)15(22)6-7-24-19/h2-7,11,13H,8-10H2,1H3. The predicted octanol–water partition coefficient (Wildman–Crippen LogP) is 3.93. The van der Waals surface area contributed by atoms with E-state index in [2.05, 4.69) is 20.1 Å². The molecule has 1 saturated carbocycles. The first-order valence-corrected chi connectivity index (χ1v) is 9.89. The molecule has 7 nitrogen and oxygen atoms in total. The Bertz CT molecular complexity index is 1290. The number of benzene rings is 1. The van der Waals surface area contributed by atoms with Gasteiger partial charge in [-0.3, -0.25) is 9.36 Å². The van der Waals surface area contributed by atoms with Crippen molar-refractivity contribution >= 4 is 22.6 Å². The number of halogens is 2. The number of pyridine rings is 1. The summed E-state index contributed by atoms with van der Waals surface area (Å²) in [5, 5.41) is 4.51. The largest absolute Gasteiger partial charge is 0.337 e. The highest BCUT2D eigenvalue weighted by Gasteiger charge is 2.48. The molecule has 1 aliphatic rings. The summed E-state index contributed by atoms with van der Waals surface area (Å²) >= 11 is 6.11. The van der Waals surface area contributed by atoms with Gasteiger partial charge in [0.25, 0.3) is 5.56 Å². The molecule has 0 N–H and O–H groups in total. The minimum atomic E-state index is -1.37. The van der Waals surface area contributed by atoms with Crippen LogP contribution < -0.4 is 5.56 Å². The molecule has 5 rings (SSSR count). The first-order chi connectivity index (χ1) is 14.4. The van der Waals surface area contributed by atoms with Crippen molar-refractivity contribution < 1.29 is 8.91 Å². The molecule has 3 aromatic heterocycles. The second kappa shape index (κ2) is 6.98. The number of aromatic nitrogens is 5. The van der Waals surface area contributed by atoms with Gasteiger partial charge in [0, 0.05) is 12.1 Å². The quantitative estimate of drug-likeness (QED) is 0.492. The maximum atomic E-state index is 15.1. The van der Waals surface area contributed by atoms with Gasteiger partial charge in [0.05, 0.1) is 5.02 Å². The molecule has 0 atom stereocenters. The van der Waals surface area contributed by atoms with Crippen LogP contribution in [0.4, 0.5) is 4.39 Å². The fourth-order valence-electron chi connectivity index (χ4n) is 3.79. The molecule has 1 fully saturated rings. The van der Waals surface area contributed by atoms with Crippen LogP contribution in [0, 0.1) is 6.92 Å². The Morgan fingerprint density at radius 2 is 2.00 bits per heavy atom. The third-order valence-corrected chi connectivity index (χ3v) is 5.85. The first-order valence-electron chi connectivity index (χ1n) is 9.51. The van der Waals surface area contributed by atoms with Crippen molar-refractivity contribution in [1.82, 2.24) is 24.7 Å². The van der Waals surface area contributed by atoms with Gasteiger partial charge in [-0.15, -0.1) is 0 Å². The second-order valence-corrected chi connectivity index (χ2v) is 8.06. The Kier molecular flexibility index (Phi) is 4.39. The lowest BCUT2D eigenvalue weighted by atomic mass is 9.68. The maximum absolute atomic E-state index is 15.1. The van der Waals surface area contributed by atoms with Crippen molar-refractivity contribution in [3.63, 3.8) is 0 Å². The molecule has 4 aromatic rings. The van der Waals surface area contributed by atoms with Crippen LogP contribution in [0.2, 0.25) is 5.02 Å². The Hall–Kier alpha value is -3.13. The zero-order valence-electron chi connectivity index (χ0n) is 16.0. The van der Waals surface area contributed by atoms with Crippen LogP contribution in [0.25, 0.3) is 11.0 Å². The lowest BCUT2D eigenvalue weighted by Gasteiger charge is -2.40. The normalized spacial score (nSPS) is 21.0. The highest BCUT2D eigenvalue weighted by molar-refractivity contribution is 6.35. The van der Waals surface area contributed by atoms with E-state index >= 15 is 4.39 Å². The van der Waals surface area contributed by atoms with Crippen LogP contribution in [-0.2, 0) is 12.2 Å². The van der Waals surface area contributed by atoms with Crippen LogP contribution in [0.1, 0.15) is 41.6 Å². The molecule has 0 aliphatic heterocycles. The van der Waals surface area contributed by atoms with E-state index in [4.69, 9.17) is 16.1 Å². The molecule has 1 aromatic carbocycles. The molecule has 152 valence electrons. The lowest BCUT2D eigenvalue weighted by Crippen LogP contribution is -2.36. The zero-order chi connectivity index (χ0) is 20.9. The van der Waals surface area contributed by atoms with Gasteiger partial charge in [0.15, 0.2) is 11.5 Å². The first kappa shape index (κ1) is 18.9. The van der Waals surface area contributed by atoms with Gasteiger partial charge in [-0.25, -0.2) is 14.4 Å². The van der Waals surface area contributed by atoms with Crippen molar-refractivity contribution in [1.29, 1.82) is 0 Å². The Morgan fingerprint density at radius 3 is 2.77 bits per heavy atom. The summed E-state index contributed by atoms with van der Waals surface area (Å²) in [6, 6.07) is 9.01. The van der Waals surface area contributed by atoms with Crippen molar-refractivity contribution in [2.75, 3.05) is 0 Å². The molecule has 0 bridgehead atoms. The van der Waals surface area contributed by atoms with E-state index in [1.807, 2.05) is 31.2 Å². The van der Waals surface area contributed by atoms with Gasteiger partial charge >= 0.3 is 0 Å². The molecular weight excluding hydrogens is 409 g/mol. The summed E-state index contributed by atoms with van der Waals surface area (Å²) in [6.45, 7) is 2.02. The van der Waals surface area contributed by atoms with Gasteiger partial charge in [-0.2, -0.15) is 4.98 Å². The number of nitrogens with zero attached hydrogens (tertiary/aromatic N) is 5. The molecule has 0 saturated heterocycles. The highest BCUT2D eigenvalue weighted by atomic mass is 35.5. The number of hydrogen-bond donors (Lipinski definition) is 0. The molecule has 0 spiro atoms. The number of rotatable bonds is 4. The highest BCUT2D eigenvalue weighted by Crippen LogP contribution is 2.53. The number of hydrogen-bond acceptors (Lipinski definition) is 6. The van der Waals surface area contributed by atoms with Gasteiger partial charge in [0.1, 0.15) is 23.9 Å². The summed E-state index contributed by atoms with van der Waals surface area (Å²) < 4.78 is 21.8. The average Bonchev–Trinajstić information content (AvgIpc) is 3.16. The molecular formula is C21H17ClFN5O2.